The Morgan fingerprint density at radius 1 is 0.383 bits per heavy atom. The van der Waals surface area contributed by atoms with Gasteiger partial charge in [0.1, 0.15) is 0 Å². The molecule has 0 bridgehead atoms. The fraction of sp³-hybridized carbons (Fsp3) is 0. The SMILES string of the molecule is c1ccc(-c2cc(-c3ccccc3)nc(-c3ccc(-c4cccc(-c5nc6ccccc6c6c5sc5ccccc56)c4)cc3)n2)cc1. The summed E-state index contributed by atoms with van der Waals surface area (Å²) < 4.78 is 2.50. The van der Waals surface area contributed by atoms with Crippen LogP contribution in [0.25, 0.3) is 87.4 Å². The van der Waals surface area contributed by atoms with Crippen LogP contribution in [0.15, 0.2) is 164 Å². The molecule has 3 aromatic heterocycles. The van der Waals surface area contributed by atoms with Gasteiger partial charge in [-0.1, -0.05) is 140 Å². The third kappa shape index (κ3) is 4.96. The van der Waals surface area contributed by atoms with Crippen molar-refractivity contribution in [2.75, 3.05) is 0 Å². The monoisotopic (exact) mass is 617 g/mol. The zero-order chi connectivity index (χ0) is 31.2. The first kappa shape index (κ1) is 27.3. The molecule has 9 aromatic rings. The van der Waals surface area contributed by atoms with E-state index in [-0.39, 0.29) is 0 Å². The molecule has 0 aliphatic carbocycles. The molecule has 4 heteroatoms. The maximum absolute atomic E-state index is 5.22. The maximum Gasteiger partial charge on any atom is 0.160 e. The lowest BCUT2D eigenvalue weighted by atomic mass is 9.98. The molecule has 9 rings (SSSR count). The van der Waals surface area contributed by atoms with Crippen molar-refractivity contribution in [1.82, 2.24) is 15.0 Å². The molecule has 0 atom stereocenters. The summed E-state index contributed by atoms with van der Waals surface area (Å²) in [5.74, 6) is 0.707. The molecular formula is C43H27N3S. The lowest BCUT2D eigenvalue weighted by Gasteiger charge is -2.11. The lowest BCUT2D eigenvalue weighted by molar-refractivity contribution is 1.18. The Balaban J connectivity index is 1.12. The Morgan fingerprint density at radius 3 is 1.68 bits per heavy atom. The number of rotatable bonds is 5. The molecule has 0 fully saturated rings. The number of para-hydroxylation sites is 1. The highest BCUT2D eigenvalue weighted by molar-refractivity contribution is 7.26. The third-order valence-electron chi connectivity index (χ3n) is 8.69. The van der Waals surface area contributed by atoms with Crippen LogP contribution in [0.4, 0.5) is 0 Å². The highest BCUT2D eigenvalue weighted by Gasteiger charge is 2.16. The fourth-order valence-corrected chi connectivity index (χ4v) is 7.61. The van der Waals surface area contributed by atoms with Crippen molar-refractivity contribution < 1.29 is 0 Å². The molecule has 6 aromatic carbocycles. The van der Waals surface area contributed by atoms with Crippen LogP contribution in [0.5, 0.6) is 0 Å². The van der Waals surface area contributed by atoms with Crippen LogP contribution in [0.2, 0.25) is 0 Å². The molecule has 0 radical (unpaired) electrons. The summed E-state index contributed by atoms with van der Waals surface area (Å²) in [6, 6.07) is 57.1. The van der Waals surface area contributed by atoms with Gasteiger partial charge in [0.15, 0.2) is 5.82 Å². The Hall–Kier alpha value is -5.97. The number of aromatic nitrogens is 3. The van der Waals surface area contributed by atoms with E-state index in [0.29, 0.717) is 5.82 Å². The van der Waals surface area contributed by atoms with Crippen molar-refractivity contribution in [2.24, 2.45) is 0 Å². The molecule has 0 aliphatic heterocycles. The van der Waals surface area contributed by atoms with Gasteiger partial charge in [0, 0.05) is 43.1 Å². The van der Waals surface area contributed by atoms with Crippen LogP contribution in [0.1, 0.15) is 0 Å². The van der Waals surface area contributed by atoms with Gasteiger partial charge in [-0.3, -0.25) is 0 Å². The summed E-state index contributed by atoms with van der Waals surface area (Å²) in [5.41, 5.74) is 10.3. The molecule has 3 nitrogen and oxygen atoms in total. The summed E-state index contributed by atoms with van der Waals surface area (Å²) in [5, 5.41) is 3.77. The first-order valence-corrected chi connectivity index (χ1v) is 16.5. The molecule has 0 unspecified atom stereocenters. The van der Waals surface area contributed by atoms with E-state index in [2.05, 4.69) is 127 Å². The second kappa shape index (κ2) is 11.4. The van der Waals surface area contributed by atoms with Crippen LogP contribution in [-0.2, 0) is 0 Å². The minimum Gasteiger partial charge on any atom is -0.246 e. The second-order valence-corrected chi connectivity index (χ2v) is 12.7. The minimum absolute atomic E-state index is 0.707. The number of nitrogens with zero attached hydrogens (tertiary/aromatic N) is 3. The molecular weight excluding hydrogens is 591 g/mol. The topological polar surface area (TPSA) is 38.7 Å². The predicted octanol–water partition coefficient (Wildman–Crippen LogP) is 11.7. The average Bonchev–Trinajstić information content (AvgIpc) is 3.55. The van der Waals surface area contributed by atoms with E-state index in [1.165, 1.54) is 25.6 Å². The van der Waals surface area contributed by atoms with Crippen LogP contribution in [-0.4, -0.2) is 15.0 Å². The molecule has 47 heavy (non-hydrogen) atoms. The average molecular weight is 618 g/mol. The van der Waals surface area contributed by atoms with Gasteiger partial charge in [0.25, 0.3) is 0 Å². The summed E-state index contributed by atoms with van der Waals surface area (Å²) >= 11 is 1.82. The van der Waals surface area contributed by atoms with Gasteiger partial charge in [-0.25, -0.2) is 15.0 Å². The Kier molecular flexibility index (Phi) is 6.65. The lowest BCUT2D eigenvalue weighted by Crippen LogP contribution is -1.96. The van der Waals surface area contributed by atoms with Gasteiger partial charge < -0.3 is 0 Å². The number of pyridine rings is 1. The number of thiophene rings is 1. The molecule has 0 N–H and O–H groups in total. The Labute approximate surface area is 276 Å². The van der Waals surface area contributed by atoms with Gasteiger partial charge >= 0.3 is 0 Å². The van der Waals surface area contributed by atoms with E-state index in [1.54, 1.807) is 0 Å². The van der Waals surface area contributed by atoms with Crippen LogP contribution in [0.3, 0.4) is 0 Å². The highest BCUT2D eigenvalue weighted by atomic mass is 32.1. The van der Waals surface area contributed by atoms with Crippen molar-refractivity contribution in [1.29, 1.82) is 0 Å². The molecule has 220 valence electrons. The van der Waals surface area contributed by atoms with Gasteiger partial charge in [-0.15, -0.1) is 11.3 Å². The predicted molar refractivity (Wildman–Crippen MR) is 197 cm³/mol. The molecule has 0 saturated heterocycles. The maximum atomic E-state index is 5.22. The normalized spacial score (nSPS) is 11.4. The van der Waals surface area contributed by atoms with E-state index in [1.807, 2.05) is 47.7 Å². The minimum atomic E-state index is 0.707. The molecule has 0 aliphatic rings. The van der Waals surface area contributed by atoms with E-state index >= 15 is 0 Å². The van der Waals surface area contributed by atoms with E-state index < -0.39 is 0 Å². The van der Waals surface area contributed by atoms with E-state index in [4.69, 9.17) is 15.0 Å². The van der Waals surface area contributed by atoms with E-state index in [0.717, 1.165) is 56.0 Å². The zero-order valence-corrected chi connectivity index (χ0v) is 26.2. The quantitative estimate of drug-likeness (QED) is 0.193. The standard InChI is InChI=1S/C43H27N3S/c1-3-12-29(13-4-1)37-27-38(30-14-5-2-6-15-30)46-43(45-37)31-24-22-28(23-25-31)32-16-11-17-33(26-32)41-42-40(34-18-7-9-20-36(34)44-41)35-19-8-10-21-39(35)47-42/h1-27H. The number of hydrogen-bond donors (Lipinski definition) is 0. The molecule has 0 saturated carbocycles. The number of hydrogen-bond acceptors (Lipinski definition) is 4. The van der Waals surface area contributed by atoms with Crippen LogP contribution in [0, 0.1) is 0 Å². The van der Waals surface area contributed by atoms with Gasteiger partial charge in [-0.2, -0.15) is 0 Å². The second-order valence-electron chi connectivity index (χ2n) is 11.6. The smallest absolute Gasteiger partial charge is 0.160 e. The largest absolute Gasteiger partial charge is 0.246 e. The summed E-state index contributed by atoms with van der Waals surface area (Å²) in [4.78, 5) is 15.2. The number of benzene rings is 6. The summed E-state index contributed by atoms with van der Waals surface area (Å²) in [6.45, 7) is 0. The molecule has 0 amide bonds. The van der Waals surface area contributed by atoms with Crippen molar-refractivity contribution in [2.45, 2.75) is 0 Å². The first-order valence-electron chi connectivity index (χ1n) is 15.7. The third-order valence-corrected chi connectivity index (χ3v) is 9.87. The van der Waals surface area contributed by atoms with Crippen LogP contribution < -0.4 is 0 Å². The number of fused-ring (bicyclic) bond motifs is 5. The van der Waals surface area contributed by atoms with Crippen molar-refractivity contribution in [3.05, 3.63) is 164 Å². The zero-order valence-electron chi connectivity index (χ0n) is 25.3. The molecule has 0 spiro atoms. The first-order chi connectivity index (χ1) is 23.3. The van der Waals surface area contributed by atoms with Crippen LogP contribution >= 0.6 is 11.3 Å². The fourth-order valence-electron chi connectivity index (χ4n) is 6.38. The summed E-state index contributed by atoms with van der Waals surface area (Å²) in [7, 11) is 0. The van der Waals surface area contributed by atoms with Gasteiger partial charge in [0.2, 0.25) is 0 Å². The summed E-state index contributed by atoms with van der Waals surface area (Å²) in [6.07, 6.45) is 0. The van der Waals surface area contributed by atoms with Crippen molar-refractivity contribution >= 4 is 42.4 Å². The van der Waals surface area contributed by atoms with Gasteiger partial charge in [-0.05, 0) is 35.4 Å². The highest BCUT2D eigenvalue weighted by Crippen LogP contribution is 2.43. The Bertz CT molecular complexity index is 2500. The van der Waals surface area contributed by atoms with Crippen molar-refractivity contribution in [3.8, 4) is 56.3 Å². The van der Waals surface area contributed by atoms with E-state index in [9.17, 15) is 0 Å². The molecule has 3 heterocycles. The van der Waals surface area contributed by atoms with Crippen molar-refractivity contribution in [3.63, 3.8) is 0 Å². The van der Waals surface area contributed by atoms with Gasteiger partial charge in [0.05, 0.1) is 27.3 Å². The Morgan fingerprint density at radius 2 is 0.957 bits per heavy atom.